The van der Waals surface area contributed by atoms with Crippen molar-refractivity contribution in [2.24, 2.45) is 0 Å². The van der Waals surface area contributed by atoms with E-state index in [0.717, 1.165) is 39.0 Å². The number of carbonyl (C=O) groups excluding carboxylic acids is 3. The van der Waals surface area contributed by atoms with Crippen LogP contribution in [-0.2, 0) is 9.59 Å². The Morgan fingerprint density at radius 3 is 1.31 bits per heavy atom. The Morgan fingerprint density at radius 1 is 0.568 bits per heavy atom. The minimum Gasteiger partial charge on any atom is -0.388 e. The Hall–Kier alpha value is -5.73. The molecule has 8 heterocycles. The number of nitrogens with one attached hydrogen (secondary N) is 4. The summed E-state index contributed by atoms with van der Waals surface area (Å²) < 4.78 is 3.63. The number of likely N-dealkylation sites (tertiary alicyclic amines) is 2. The fourth-order valence-corrected chi connectivity index (χ4v) is 12.0. The van der Waals surface area contributed by atoms with E-state index in [9.17, 15) is 34.8 Å². The molecular weight excluding hydrogens is 953 g/mol. The van der Waals surface area contributed by atoms with Crippen LogP contribution >= 0.6 is 0 Å². The van der Waals surface area contributed by atoms with Crippen LogP contribution in [0.4, 0.5) is 28.3 Å². The average Bonchev–Trinajstić information content (AvgIpc) is 4.28. The molecule has 2 saturated carbocycles. The second-order valence-corrected chi connectivity index (χ2v) is 21.8. The molecule has 6 aliphatic rings. The first-order valence-electron chi connectivity index (χ1n) is 26.8. The highest BCUT2D eigenvalue weighted by atomic mass is 16.3. The number of hydrogen-bond acceptors (Lipinski definition) is 19. The zero-order valence-corrected chi connectivity index (χ0v) is 43.6. The summed E-state index contributed by atoms with van der Waals surface area (Å²) in [4.78, 5) is 81.1. The van der Waals surface area contributed by atoms with Crippen molar-refractivity contribution in [3.63, 3.8) is 0 Å². The third kappa shape index (κ3) is 10.2. The predicted octanol–water partition coefficient (Wildman–Crippen LogP) is -0.0578. The first-order valence-corrected chi connectivity index (χ1v) is 26.8. The van der Waals surface area contributed by atoms with Gasteiger partial charge >= 0.3 is 6.03 Å². The van der Waals surface area contributed by atoms with Crippen molar-refractivity contribution >= 4 is 63.7 Å². The van der Waals surface area contributed by atoms with Crippen LogP contribution in [0.5, 0.6) is 0 Å². The standard InChI is InChI=1S/C49H76N18O7/c1-7-35(68)54-31-21-33(41(72)39(31)70)66-25-50-37-43(56-47(58-45(37)66)64-19-13-29(23-64)60(3)4)52-27-9-15-62(16-10-27)49(74)63-17-11-28(12-18-63)53-44-38-46(59-48(57-44)65-20-14-30(24-65)61(5)6)67(26-51-38)34-22-32(40(71)42(34)73)55-36(69)8-2/h25-34,39-42,70-73H,7-24H2,1-6H3,(H,54,68)(H,55,69)(H,52,56,58)(H,53,57,59)/t29-,30-,31+,32+,33-,34-,39-,40-,41+,42+/m1/s1. The van der Waals surface area contributed by atoms with Crippen LogP contribution in [0.2, 0.25) is 0 Å². The minimum absolute atomic E-state index is 0.00321. The molecule has 0 bridgehead atoms. The number of aliphatic hydroxyl groups is 4. The molecule has 0 aromatic carbocycles. The van der Waals surface area contributed by atoms with Crippen LogP contribution < -0.4 is 31.1 Å². The van der Waals surface area contributed by atoms with Gasteiger partial charge in [-0.25, -0.2) is 14.8 Å². The number of amides is 4. The number of imidazole rings is 2. The fourth-order valence-electron chi connectivity index (χ4n) is 12.0. The van der Waals surface area contributed by atoms with Gasteiger partial charge in [0, 0.05) is 89.4 Å². The first-order chi connectivity index (χ1) is 35.6. The predicted molar refractivity (Wildman–Crippen MR) is 277 cm³/mol. The van der Waals surface area contributed by atoms with E-state index in [0.29, 0.717) is 123 Å². The zero-order chi connectivity index (χ0) is 52.1. The molecule has 0 radical (unpaired) electrons. The SMILES string of the molecule is CCC(=O)N[C@H]1C[C@@H](n2cnc3c(NC4CCN(C(=O)N5CCC(Nc6nc(N7CC[C@@H](N(C)C)C7)nc7c6ncn7[C@@H]6C[C@H](NC(=O)CC)[C@@H](O)[C@H]6O)CC5)CC4)nc(N4CC[C@@H](N(C)C)C4)nc32)[C@H](O)[C@@H]1O. The van der Waals surface area contributed by atoms with Gasteiger partial charge in [-0.3, -0.25) is 9.59 Å². The molecule has 0 unspecified atom stereocenters. The van der Waals surface area contributed by atoms with Crippen molar-refractivity contribution in [2.45, 2.75) is 151 Å². The van der Waals surface area contributed by atoms with Gasteiger partial charge in [0.2, 0.25) is 23.7 Å². The fraction of sp³-hybridized carbons (Fsp3) is 0.735. The van der Waals surface area contributed by atoms with Crippen LogP contribution in [0.1, 0.15) is 90.1 Å². The Morgan fingerprint density at radius 2 is 0.959 bits per heavy atom. The number of hydrogen-bond donors (Lipinski definition) is 8. The van der Waals surface area contributed by atoms with Gasteiger partial charge in [0.15, 0.2) is 34.0 Å². The largest absolute Gasteiger partial charge is 0.388 e. The highest BCUT2D eigenvalue weighted by molar-refractivity contribution is 5.86. The summed E-state index contributed by atoms with van der Waals surface area (Å²) in [5.74, 6) is 1.90. The maximum Gasteiger partial charge on any atom is 0.320 e. The zero-order valence-electron chi connectivity index (χ0n) is 43.6. The smallest absolute Gasteiger partial charge is 0.320 e. The number of rotatable bonds is 14. The molecule has 10 atom stereocenters. The first kappa shape index (κ1) is 51.7. The van der Waals surface area contributed by atoms with E-state index in [1.807, 2.05) is 18.9 Å². The molecular formula is C49H76N18O7. The minimum atomic E-state index is -1.14. The molecule has 4 aromatic rings. The van der Waals surface area contributed by atoms with E-state index in [4.69, 9.17) is 29.9 Å². The van der Waals surface area contributed by atoms with E-state index in [-0.39, 0.29) is 42.8 Å². The highest BCUT2D eigenvalue weighted by Gasteiger charge is 2.46. The van der Waals surface area contributed by atoms with Crippen molar-refractivity contribution in [1.29, 1.82) is 0 Å². The molecule has 74 heavy (non-hydrogen) atoms. The molecule has 404 valence electrons. The van der Waals surface area contributed by atoms with E-state index in [2.05, 4.69) is 69.1 Å². The van der Waals surface area contributed by atoms with Gasteiger partial charge in [-0.15, -0.1) is 0 Å². The van der Waals surface area contributed by atoms with Crippen molar-refractivity contribution in [3.8, 4) is 0 Å². The van der Waals surface area contributed by atoms with Crippen molar-refractivity contribution in [2.75, 3.05) is 101 Å². The number of nitrogens with zero attached hydrogens (tertiary/aromatic N) is 14. The van der Waals surface area contributed by atoms with Gasteiger partial charge in [-0.2, -0.15) is 19.9 Å². The van der Waals surface area contributed by atoms with E-state index >= 15 is 0 Å². The number of urea groups is 1. The monoisotopic (exact) mass is 1030 g/mol. The number of likely N-dealkylation sites (N-methyl/N-ethyl adjacent to an activating group) is 2. The van der Waals surface area contributed by atoms with Gasteiger partial charge in [0.25, 0.3) is 0 Å². The number of aliphatic hydroxyl groups excluding tert-OH is 4. The molecule has 8 N–H and O–H groups in total. The molecule has 0 spiro atoms. The van der Waals surface area contributed by atoms with Crippen molar-refractivity contribution in [1.82, 2.24) is 69.3 Å². The molecule has 2 aliphatic carbocycles. The van der Waals surface area contributed by atoms with Gasteiger partial charge in [-0.05, 0) is 79.6 Å². The van der Waals surface area contributed by atoms with E-state index in [1.165, 1.54) is 0 Å². The third-order valence-electron chi connectivity index (χ3n) is 16.7. The lowest BCUT2D eigenvalue weighted by molar-refractivity contribution is -0.123. The summed E-state index contributed by atoms with van der Waals surface area (Å²) in [5.41, 5.74) is 2.18. The second kappa shape index (κ2) is 21.5. The summed E-state index contributed by atoms with van der Waals surface area (Å²) in [6.07, 6.45) is 4.58. The molecule has 4 aromatic heterocycles. The third-order valence-corrected chi connectivity index (χ3v) is 16.7. The van der Waals surface area contributed by atoms with Gasteiger partial charge in [0.05, 0.1) is 36.8 Å². The van der Waals surface area contributed by atoms with Gasteiger partial charge < -0.3 is 80.2 Å². The van der Waals surface area contributed by atoms with Crippen molar-refractivity contribution < 1.29 is 34.8 Å². The molecule has 25 nitrogen and oxygen atoms in total. The van der Waals surface area contributed by atoms with Gasteiger partial charge in [-0.1, -0.05) is 13.8 Å². The summed E-state index contributed by atoms with van der Waals surface area (Å²) in [5, 5.41) is 57.5. The van der Waals surface area contributed by atoms with Crippen LogP contribution in [0.25, 0.3) is 22.3 Å². The summed E-state index contributed by atoms with van der Waals surface area (Å²) in [6, 6.07) is -1.66. The lowest BCUT2D eigenvalue weighted by Crippen LogP contribution is -2.51. The number of fused-ring (bicyclic) bond motifs is 2. The van der Waals surface area contributed by atoms with Crippen LogP contribution in [0, 0.1) is 0 Å². The van der Waals surface area contributed by atoms with Crippen LogP contribution in [0.3, 0.4) is 0 Å². The number of aromatic nitrogens is 8. The Kier molecular flexibility index (Phi) is 15.0. The van der Waals surface area contributed by atoms with E-state index < -0.39 is 48.6 Å². The Labute approximate surface area is 431 Å². The van der Waals surface area contributed by atoms with Crippen LogP contribution in [-0.4, -0.2) is 238 Å². The number of anilines is 4. The topological polar surface area (TPSA) is 287 Å². The summed E-state index contributed by atoms with van der Waals surface area (Å²) >= 11 is 0. The van der Waals surface area contributed by atoms with E-state index in [1.54, 1.807) is 26.5 Å². The van der Waals surface area contributed by atoms with Gasteiger partial charge in [0.1, 0.15) is 24.4 Å². The average molecular weight is 1030 g/mol. The lowest BCUT2D eigenvalue weighted by atomic mass is 10.0. The molecule has 10 rings (SSSR count). The summed E-state index contributed by atoms with van der Waals surface area (Å²) in [6.45, 7) is 8.81. The number of piperidine rings is 2. The molecule has 4 aliphatic heterocycles. The number of carbonyl (C=O) groups is 3. The van der Waals surface area contributed by atoms with Crippen LogP contribution in [0.15, 0.2) is 12.7 Å². The lowest BCUT2D eigenvalue weighted by Gasteiger charge is -2.39. The summed E-state index contributed by atoms with van der Waals surface area (Å²) in [7, 11) is 8.30. The molecule has 6 fully saturated rings. The normalized spacial score (nSPS) is 29.2. The maximum absolute atomic E-state index is 14.1. The second-order valence-electron chi connectivity index (χ2n) is 21.8. The Bertz CT molecular complexity index is 2470. The maximum atomic E-state index is 14.1. The Balaban J connectivity index is 0.797. The molecule has 4 saturated heterocycles. The molecule has 4 amide bonds. The highest BCUT2D eigenvalue weighted by Crippen LogP contribution is 2.38. The quantitative estimate of drug-likeness (QED) is 0.0821. The molecule has 25 heteroatoms. The van der Waals surface area contributed by atoms with Crippen molar-refractivity contribution in [3.05, 3.63) is 12.7 Å².